The second-order valence-electron chi connectivity index (χ2n) is 4.37. The highest BCUT2D eigenvalue weighted by Crippen LogP contribution is 2.05. The van der Waals surface area contributed by atoms with E-state index in [-0.39, 0.29) is 24.2 Å². The molecule has 2 N–H and O–H groups in total. The van der Waals surface area contributed by atoms with Gasteiger partial charge < -0.3 is 14.9 Å². The maximum absolute atomic E-state index is 11.9. The molecule has 1 amide bonds. The summed E-state index contributed by atoms with van der Waals surface area (Å²) in [5.41, 5.74) is 1.28. The van der Waals surface area contributed by atoms with Crippen molar-refractivity contribution in [3.8, 4) is 0 Å². The summed E-state index contributed by atoms with van der Waals surface area (Å²) in [5, 5.41) is 15.7. The van der Waals surface area contributed by atoms with Crippen LogP contribution in [0, 0.1) is 6.92 Å². The molecule has 5 heteroatoms. The maximum Gasteiger partial charge on any atom is 0.273 e. The van der Waals surface area contributed by atoms with Gasteiger partial charge >= 0.3 is 0 Å². The zero-order valence-corrected chi connectivity index (χ0v) is 10.7. The summed E-state index contributed by atoms with van der Waals surface area (Å²) in [6.07, 6.45) is 0.569. The third kappa shape index (κ3) is 3.66. The van der Waals surface area contributed by atoms with Crippen molar-refractivity contribution in [1.82, 2.24) is 10.5 Å². The average Bonchev–Trinajstić information content (AvgIpc) is 2.86. The van der Waals surface area contributed by atoms with E-state index < -0.39 is 0 Å². The van der Waals surface area contributed by atoms with E-state index in [1.54, 1.807) is 13.0 Å². The number of carbonyl (C=O) groups excluding carboxylic acids is 1. The quantitative estimate of drug-likeness (QED) is 0.850. The van der Waals surface area contributed by atoms with Crippen molar-refractivity contribution in [1.29, 1.82) is 0 Å². The molecule has 1 aromatic heterocycles. The Labute approximate surface area is 111 Å². The Morgan fingerprint density at radius 2 is 2.16 bits per heavy atom. The molecule has 0 bridgehead atoms. The zero-order chi connectivity index (χ0) is 13.7. The second-order valence-corrected chi connectivity index (χ2v) is 4.37. The molecular formula is C14H16N2O3. The molecule has 0 aliphatic heterocycles. The predicted molar refractivity (Wildman–Crippen MR) is 69.7 cm³/mol. The lowest BCUT2D eigenvalue weighted by Crippen LogP contribution is -2.39. The van der Waals surface area contributed by atoms with E-state index in [4.69, 9.17) is 4.52 Å². The van der Waals surface area contributed by atoms with Gasteiger partial charge in [0.15, 0.2) is 5.69 Å². The summed E-state index contributed by atoms with van der Waals surface area (Å²) < 4.78 is 4.85. The van der Waals surface area contributed by atoms with Crippen LogP contribution in [0.5, 0.6) is 0 Å². The van der Waals surface area contributed by atoms with Gasteiger partial charge in [-0.15, -0.1) is 0 Å². The second kappa shape index (κ2) is 6.15. The van der Waals surface area contributed by atoms with Crippen LogP contribution in [0.1, 0.15) is 21.8 Å². The molecule has 0 saturated carbocycles. The number of aliphatic hydroxyl groups excluding tert-OH is 1. The molecule has 100 valence electrons. The zero-order valence-electron chi connectivity index (χ0n) is 10.7. The van der Waals surface area contributed by atoms with E-state index in [0.717, 1.165) is 5.56 Å². The number of benzene rings is 1. The lowest BCUT2D eigenvalue weighted by atomic mass is 10.1. The van der Waals surface area contributed by atoms with Crippen molar-refractivity contribution in [2.45, 2.75) is 19.4 Å². The Balaban J connectivity index is 1.97. The molecule has 1 heterocycles. The highest BCUT2D eigenvalue weighted by atomic mass is 16.5. The molecule has 0 aliphatic rings. The number of nitrogens with one attached hydrogen (secondary N) is 1. The highest BCUT2D eigenvalue weighted by molar-refractivity contribution is 5.92. The number of rotatable bonds is 5. The van der Waals surface area contributed by atoms with Gasteiger partial charge in [-0.05, 0) is 18.9 Å². The predicted octanol–water partition coefficient (Wildman–Crippen LogP) is 1.32. The van der Waals surface area contributed by atoms with E-state index in [2.05, 4.69) is 10.5 Å². The molecule has 5 nitrogen and oxygen atoms in total. The third-order valence-electron chi connectivity index (χ3n) is 2.74. The first-order chi connectivity index (χ1) is 9.19. The maximum atomic E-state index is 11.9. The fourth-order valence-corrected chi connectivity index (χ4v) is 1.79. The molecule has 1 aromatic carbocycles. The lowest BCUT2D eigenvalue weighted by molar-refractivity contribution is 0.0907. The van der Waals surface area contributed by atoms with Gasteiger partial charge in [-0.25, -0.2) is 0 Å². The number of hydrogen-bond donors (Lipinski definition) is 2. The third-order valence-corrected chi connectivity index (χ3v) is 2.74. The largest absolute Gasteiger partial charge is 0.394 e. The van der Waals surface area contributed by atoms with E-state index in [1.807, 2.05) is 30.3 Å². The Morgan fingerprint density at radius 1 is 1.42 bits per heavy atom. The van der Waals surface area contributed by atoms with Crippen LogP contribution < -0.4 is 5.32 Å². The van der Waals surface area contributed by atoms with Crippen LogP contribution in [0.25, 0.3) is 0 Å². The monoisotopic (exact) mass is 260 g/mol. The molecule has 2 rings (SSSR count). The van der Waals surface area contributed by atoms with Crippen molar-refractivity contribution in [2.24, 2.45) is 0 Å². The van der Waals surface area contributed by atoms with Crippen molar-refractivity contribution in [2.75, 3.05) is 6.61 Å². The Kier molecular flexibility index (Phi) is 4.30. The van der Waals surface area contributed by atoms with Crippen molar-refractivity contribution < 1.29 is 14.4 Å². The standard InChI is InChI=1S/C14H16N2O3/c1-10-7-13(16-19-10)14(18)15-12(9-17)8-11-5-3-2-4-6-11/h2-7,12,17H,8-9H2,1H3,(H,15,18)/t12-/m0/s1. The molecule has 2 aromatic rings. The van der Waals surface area contributed by atoms with Crippen LogP contribution in [0.4, 0.5) is 0 Å². The minimum atomic E-state index is -0.341. The summed E-state index contributed by atoms with van der Waals surface area (Å²) in [6, 6.07) is 10.9. The first-order valence-electron chi connectivity index (χ1n) is 6.08. The molecule has 0 spiro atoms. The summed E-state index contributed by atoms with van der Waals surface area (Å²) in [6.45, 7) is 1.59. The van der Waals surface area contributed by atoms with Crippen LogP contribution in [0.2, 0.25) is 0 Å². The van der Waals surface area contributed by atoms with Gasteiger partial charge in [0.25, 0.3) is 5.91 Å². The summed E-state index contributed by atoms with van der Waals surface area (Å²) in [5.74, 6) is 0.237. The number of aliphatic hydroxyl groups is 1. The molecular weight excluding hydrogens is 244 g/mol. The van der Waals surface area contributed by atoms with Crippen LogP contribution in [-0.4, -0.2) is 28.8 Å². The number of aryl methyl sites for hydroxylation is 1. The minimum absolute atomic E-state index is 0.128. The number of aromatic nitrogens is 1. The van der Waals surface area contributed by atoms with Crippen molar-refractivity contribution in [3.05, 3.63) is 53.4 Å². The van der Waals surface area contributed by atoms with Gasteiger partial charge in [-0.3, -0.25) is 4.79 Å². The van der Waals surface area contributed by atoms with E-state index in [1.165, 1.54) is 0 Å². The van der Waals surface area contributed by atoms with Gasteiger partial charge in [0.05, 0.1) is 12.6 Å². The Morgan fingerprint density at radius 3 is 2.74 bits per heavy atom. The van der Waals surface area contributed by atoms with Crippen LogP contribution in [0.3, 0.4) is 0 Å². The Bertz CT molecular complexity index is 537. The van der Waals surface area contributed by atoms with Crippen molar-refractivity contribution in [3.63, 3.8) is 0 Å². The van der Waals surface area contributed by atoms with Gasteiger partial charge in [-0.1, -0.05) is 35.5 Å². The van der Waals surface area contributed by atoms with E-state index in [0.29, 0.717) is 12.2 Å². The van der Waals surface area contributed by atoms with Crippen molar-refractivity contribution >= 4 is 5.91 Å². The number of amides is 1. The lowest BCUT2D eigenvalue weighted by Gasteiger charge is -2.15. The van der Waals surface area contributed by atoms with Crippen LogP contribution in [-0.2, 0) is 6.42 Å². The molecule has 0 aliphatic carbocycles. The smallest absolute Gasteiger partial charge is 0.273 e. The molecule has 0 radical (unpaired) electrons. The Hall–Kier alpha value is -2.14. The first-order valence-corrected chi connectivity index (χ1v) is 6.08. The van der Waals surface area contributed by atoms with Gasteiger partial charge in [-0.2, -0.15) is 0 Å². The van der Waals surface area contributed by atoms with Gasteiger partial charge in [0.2, 0.25) is 0 Å². The van der Waals surface area contributed by atoms with Gasteiger partial charge in [0.1, 0.15) is 5.76 Å². The molecule has 0 fully saturated rings. The topological polar surface area (TPSA) is 75.4 Å². The summed E-state index contributed by atoms with van der Waals surface area (Å²) >= 11 is 0. The number of hydrogen-bond acceptors (Lipinski definition) is 4. The highest BCUT2D eigenvalue weighted by Gasteiger charge is 2.16. The molecule has 0 unspecified atom stereocenters. The van der Waals surface area contributed by atoms with E-state index >= 15 is 0 Å². The van der Waals surface area contributed by atoms with Crippen LogP contribution in [0.15, 0.2) is 40.9 Å². The molecule has 0 saturated heterocycles. The number of nitrogens with zero attached hydrogens (tertiary/aromatic N) is 1. The first kappa shape index (κ1) is 13.3. The van der Waals surface area contributed by atoms with Crippen LogP contribution >= 0.6 is 0 Å². The SMILES string of the molecule is Cc1cc(C(=O)N[C@H](CO)Cc2ccccc2)no1. The molecule has 19 heavy (non-hydrogen) atoms. The fourth-order valence-electron chi connectivity index (χ4n) is 1.79. The molecule has 1 atom stereocenters. The number of carbonyl (C=O) groups is 1. The average molecular weight is 260 g/mol. The van der Waals surface area contributed by atoms with E-state index in [9.17, 15) is 9.90 Å². The van der Waals surface area contributed by atoms with Gasteiger partial charge in [0, 0.05) is 6.07 Å². The normalized spacial score (nSPS) is 12.1. The fraction of sp³-hybridized carbons (Fsp3) is 0.286. The summed E-state index contributed by atoms with van der Waals surface area (Å²) in [7, 11) is 0. The minimum Gasteiger partial charge on any atom is -0.394 e. The summed E-state index contributed by atoms with van der Waals surface area (Å²) in [4.78, 5) is 11.9.